The van der Waals surface area contributed by atoms with Crippen molar-refractivity contribution in [1.29, 1.82) is 0 Å². The summed E-state index contributed by atoms with van der Waals surface area (Å²) >= 11 is 0. The third kappa shape index (κ3) is 3.69. The molecule has 3 heterocycles. The summed E-state index contributed by atoms with van der Waals surface area (Å²) < 4.78 is 7.10. The molecule has 0 saturated carbocycles. The first-order valence-electron chi connectivity index (χ1n) is 10.7. The maximum absolute atomic E-state index is 13.1. The van der Waals surface area contributed by atoms with Crippen LogP contribution in [0, 0.1) is 6.92 Å². The van der Waals surface area contributed by atoms with E-state index in [9.17, 15) is 4.79 Å². The van der Waals surface area contributed by atoms with Gasteiger partial charge in [0, 0.05) is 13.2 Å². The zero-order valence-electron chi connectivity index (χ0n) is 17.8. The molecule has 1 atom stereocenters. The average molecular weight is 428 g/mol. The number of hydrogen-bond donors (Lipinski definition) is 2. The molecule has 8 heteroatoms. The summed E-state index contributed by atoms with van der Waals surface area (Å²) in [4.78, 5) is 22.6. The van der Waals surface area contributed by atoms with Crippen LogP contribution in [-0.2, 0) is 4.74 Å². The van der Waals surface area contributed by atoms with Gasteiger partial charge in [0.2, 0.25) is 0 Å². The van der Waals surface area contributed by atoms with E-state index in [-0.39, 0.29) is 23.4 Å². The van der Waals surface area contributed by atoms with Crippen molar-refractivity contribution in [2.24, 2.45) is 5.10 Å². The smallest absolute Gasteiger partial charge is 0.257 e. The molecule has 0 bridgehead atoms. The molecule has 4 aromatic rings. The van der Waals surface area contributed by atoms with Crippen molar-refractivity contribution in [1.82, 2.24) is 20.0 Å². The molecule has 1 amide bonds. The third-order valence-corrected chi connectivity index (χ3v) is 5.72. The Morgan fingerprint density at radius 1 is 1.22 bits per heavy atom. The minimum absolute atomic E-state index is 0.0273. The van der Waals surface area contributed by atoms with Crippen LogP contribution in [0.15, 0.2) is 53.6 Å². The molecule has 1 unspecified atom stereocenters. The van der Waals surface area contributed by atoms with Crippen LogP contribution < -0.4 is 11.1 Å². The molecule has 162 valence electrons. The van der Waals surface area contributed by atoms with E-state index in [1.807, 2.05) is 55.5 Å². The number of aromatic nitrogens is 3. The highest BCUT2D eigenvalue weighted by Crippen LogP contribution is 2.28. The van der Waals surface area contributed by atoms with Crippen molar-refractivity contribution in [2.75, 3.05) is 18.9 Å². The molecule has 1 aliphatic rings. The highest BCUT2D eigenvalue weighted by atomic mass is 16.5. The lowest BCUT2D eigenvalue weighted by molar-refractivity contribution is 0.0859. The van der Waals surface area contributed by atoms with Crippen molar-refractivity contribution in [2.45, 2.75) is 25.9 Å². The number of anilines is 1. The third-order valence-electron chi connectivity index (χ3n) is 5.72. The monoisotopic (exact) mass is 428 g/mol. The molecule has 0 aliphatic carbocycles. The lowest BCUT2D eigenvalue weighted by Crippen LogP contribution is -2.32. The maximum atomic E-state index is 13.1. The molecular weight excluding hydrogens is 404 g/mol. The van der Waals surface area contributed by atoms with Crippen LogP contribution in [0.2, 0.25) is 0 Å². The zero-order chi connectivity index (χ0) is 22.1. The van der Waals surface area contributed by atoms with Gasteiger partial charge in [-0.1, -0.05) is 36.4 Å². The van der Waals surface area contributed by atoms with E-state index in [1.165, 1.54) is 4.68 Å². The molecule has 1 aliphatic heterocycles. The lowest BCUT2D eigenvalue weighted by Gasteiger charge is -2.10. The summed E-state index contributed by atoms with van der Waals surface area (Å²) in [5.74, 6) is -0.109. The number of ether oxygens (including phenoxy) is 1. The highest BCUT2D eigenvalue weighted by Gasteiger charge is 2.25. The second-order valence-corrected chi connectivity index (χ2v) is 7.90. The zero-order valence-corrected chi connectivity index (χ0v) is 17.8. The number of aryl methyl sites for hydroxylation is 1. The molecule has 5 rings (SSSR count). The van der Waals surface area contributed by atoms with Crippen molar-refractivity contribution in [3.05, 3.63) is 65.2 Å². The van der Waals surface area contributed by atoms with Gasteiger partial charge < -0.3 is 15.8 Å². The number of carbonyl (C=O) groups excluding carboxylic acids is 1. The van der Waals surface area contributed by atoms with E-state index in [4.69, 9.17) is 20.4 Å². The number of para-hydroxylation sites is 2. The Morgan fingerprint density at radius 3 is 2.72 bits per heavy atom. The molecule has 0 spiro atoms. The predicted molar refractivity (Wildman–Crippen MR) is 125 cm³/mol. The van der Waals surface area contributed by atoms with Crippen molar-refractivity contribution in [3.63, 3.8) is 0 Å². The Morgan fingerprint density at radius 2 is 1.97 bits per heavy atom. The van der Waals surface area contributed by atoms with E-state index < -0.39 is 0 Å². The summed E-state index contributed by atoms with van der Waals surface area (Å²) in [6.45, 7) is 3.17. The largest absolute Gasteiger partial charge is 0.383 e. The van der Waals surface area contributed by atoms with Gasteiger partial charge in [-0.25, -0.2) is 9.97 Å². The lowest BCUT2D eigenvalue weighted by atomic mass is 10.1. The Kier molecular flexibility index (Phi) is 5.28. The molecule has 0 radical (unpaired) electrons. The fraction of sp³-hybridized carbons (Fsp3) is 0.250. The minimum atomic E-state index is -0.308. The van der Waals surface area contributed by atoms with E-state index in [2.05, 4.69) is 10.4 Å². The van der Waals surface area contributed by atoms with Gasteiger partial charge in [0.1, 0.15) is 16.9 Å². The van der Waals surface area contributed by atoms with Gasteiger partial charge in [0.25, 0.3) is 5.91 Å². The van der Waals surface area contributed by atoms with Crippen LogP contribution >= 0.6 is 0 Å². The first kappa shape index (κ1) is 20.1. The second kappa shape index (κ2) is 8.39. The number of nitrogens with two attached hydrogens (primary N) is 1. The number of amides is 1. The van der Waals surface area contributed by atoms with Gasteiger partial charge in [-0.2, -0.15) is 9.78 Å². The minimum Gasteiger partial charge on any atom is -0.383 e. The number of benzene rings is 2. The van der Waals surface area contributed by atoms with E-state index in [0.29, 0.717) is 28.7 Å². The van der Waals surface area contributed by atoms with Gasteiger partial charge in [0.15, 0.2) is 5.65 Å². The SMILES string of the molecule is Cc1ccccc1/C=N\n1c(N)c(C(=O)NCC2CCCO2)c2nc3ccccc3nc21. The van der Waals surface area contributed by atoms with E-state index >= 15 is 0 Å². The molecule has 1 saturated heterocycles. The molecule has 32 heavy (non-hydrogen) atoms. The topological polar surface area (TPSA) is 107 Å². The molecule has 2 aromatic heterocycles. The summed E-state index contributed by atoms with van der Waals surface area (Å²) in [7, 11) is 0. The number of hydrogen-bond acceptors (Lipinski definition) is 6. The van der Waals surface area contributed by atoms with Crippen LogP contribution in [0.5, 0.6) is 0 Å². The summed E-state index contributed by atoms with van der Waals surface area (Å²) in [6.07, 6.45) is 3.69. The number of nitrogen functional groups attached to an aromatic ring is 1. The van der Waals surface area contributed by atoms with E-state index in [1.54, 1.807) is 6.21 Å². The van der Waals surface area contributed by atoms with Gasteiger partial charge in [-0.15, -0.1) is 0 Å². The van der Waals surface area contributed by atoms with Crippen molar-refractivity contribution in [3.8, 4) is 0 Å². The molecule has 8 nitrogen and oxygen atoms in total. The second-order valence-electron chi connectivity index (χ2n) is 7.90. The normalized spacial score (nSPS) is 16.3. The summed E-state index contributed by atoms with van der Waals surface area (Å²) in [5, 5.41) is 7.51. The first-order chi connectivity index (χ1) is 15.6. The van der Waals surface area contributed by atoms with Crippen LogP contribution in [0.4, 0.5) is 5.82 Å². The number of nitrogens with one attached hydrogen (secondary N) is 1. The Labute approximate surface area is 185 Å². The maximum Gasteiger partial charge on any atom is 0.257 e. The Balaban J connectivity index is 1.60. The molecule has 2 aromatic carbocycles. The number of rotatable bonds is 5. The molecular formula is C24H24N6O2. The average Bonchev–Trinajstić information content (AvgIpc) is 3.41. The van der Waals surface area contributed by atoms with Crippen LogP contribution in [0.3, 0.4) is 0 Å². The molecule has 1 fully saturated rings. The Hall–Kier alpha value is -3.78. The quantitative estimate of drug-likeness (QED) is 0.475. The van der Waals surface area contributed by atoms with Gasteiger partial charge >= 0.3 is 0 Å². The predicted octanol–water partition coefficient (Wildman–Crippen LogP) is 3.27. The van der Waals surface area contributed by atoms with Crippen molar-refractivity contribution < 1.29 is 9.53 Å². The number of carbonyl (C=O) groups is 1. The van der Waals surface area contributed by atoms with Crippen LogP contribution in [-0.4, -0.2) is 46.0 Å². The number of nitrogens with zero attached hydrogens (tertiary/aromatic N) is 4. The van der Waals surface area contributed by atoms with Crippen molar-refractivity contribution >= 4 is 40.1 Å². The van der Waals surface area contributed by atoms with E-state index in [0.717, 1.165) is 30.6 Å². The highest BCUT2D eigenvalue weighted by molar-refractivity contribution is 6.10. The van der Waals surface area contributed by atoms with Crippen LogP contribution in [0.1, 0.15) is 34.3 Å². The standard InChI is InChI=1S/C24H24N6O2/c1-15-7-2-3-8-16(15)13-27-30-22(25)20(24(31)26-14-17-9-6-12-32-17)21-23(30)29-19-11-5-4-10-18(19)28-21/h2-5,7-8,10-11,13,17H,6,9,12,14,25H2,1H3,(H,26,31)/b27-13-. The van der Waals surface area contributed by atoms with Crippen LogP contribution in [0.25, 0.3) is 22.2 Å². The fourth-order valence-corrected chi connectivity index (χ4v) is 3.94. The fourth-order valence-electron chi connectivity index (χ4n) is 3.94. The summed E-state index contributed by atoms with van der Waals surface area (Å²) in [5.41, 5.74) is 11.0. The summed E-state index contributed by atoms with van der Waals surface area (Å²) in [6, 6.07) is 15.4. The van der Waals surface area contributed by atoms with Gasteiger partial charge in [-0.3, -0.25) is 4.79 Å². The number of fused-ring (bicyclic) bond motifs is 2. The first-order valence-corrected chi connectivity index (χ1v) is 10.7. The Bertz CT molecular complexity index is 1340. The van der Waals surface area contributed by atoms with Gasteiger partial charge in [0.05, 0.1) is 23.4 Å². The van der Waals surface area contributed by atoms with Gasteiger partial charge in [-0.05, 0) is 43.0 Å². The molecule has 3 N–H and O–H groups in total.